The Morgan fingerprint density at radius 3 is 3.06 bits per heavy atom. The van der Waals surface area contributed by atoms with Gasteiger partial charge in [-0.2, -0.15) is 0 Å². The van der Waals surface area contributed by atoms with Gasteiger partial charge in [-0.25, -0.2) is 0 Å². The van der Waals surface area contributed by atoms with E-state index in [1.54, 1.807) is 11.3 Å². The van der Waals surface area contributed by atoms with Crippen LogP contribution in [-0.4, -0.2) is 30.4 Å². The predicted molar refractivity (Wildman–Crippen MR) is 70.1 cm³/mol. The van der Waals surface area contributed by atoms with Crippen LogP contribution in [0.5, 0.6) is 0 Å². The first-order chi connectivity index (χ1) is 8.33. The van der Waals surface area contributed by atoms with E-state index in [4.69, 9.17) is 0 Å². The highest BCUT2D eigenvalue weighted by Crippen LogP contribution is 2.26. The van der Waals surface area contributed by atoms with Crippen LogP contribution < -0.4 is 5.32 Å². The number of benzene rings is 1. The topological polar surface area (TPSA) is 32.3 Å². The molecule has 1 fully saturated rings. The Morgan fingerprint density at radius 2 is 2.24 bits per heavy atom. The number of hydrogen-bond acceptors (Lipinski definition) is 3. The van der Waals surface area contributed by atoms with E-state index in [0.717, 1.165) is 19.6 Å². The third-order valence-corrected chi connectivity index (χ3v) is 4.11. The van der Waals surface area contributed by atoms with E-state index < -0.39 is 0 Å². The van der Waals surface area contributed by atoms with Crippen molar-refractivity contribution in [2.24, 2.45) is 0 Å². The lowest BCUT2D eigenvalue weighted by molar-refractivity contribution is -0.132. The summed E-state index contributed by atoms with van der Waals surface area (Å²) < 4.78 is 1.30. The van der Waals surface area contributed by atoms with Gasteiger partial charge in [0, 0.05) is 22.7 Å². The van der Waals surface area contributed by atoms with Crippen LogP contribution in [0.15, 0.2) is 30.3 Å². The van der Waals surface area contributed by atoms with Crippen molar-refractivity contribution in [3.05, 3.63) is 35.2 Å². The molecule has 88 valence electrons. The number of rotatable bonds is 2. The molecule has 0 saturated carbocycles. The number of nitrogens with zero attached hydrogens (tertiary/aromatic N) is 1. The Hall–Kier alpha value is -1.39. The van der Waals surface area contributed by atoms with Crippen LogP contribution in [-0.2, 0) is 11.3 Å². The van der Waals surface area contributed by atoms with Gasteiger partial charge in [0.2, 0.25) is 5.91 Å². The zero-order valence-electron chi connectivity index (χ0n) is 9.48. The van der Waals surface area contributed by atoms with Gasteiger partial charge in [-0.05, 0) is 17.5 Å². The monoisotopic (exact) mass is 246 g/mol. The van der Waals surface area contributed by atoms with Gasteiger partial charge in [-0.3, -0.25) is 4.79 Å². The normalized spacial score (nSPS) is 16.7. The molecule has 2 heterocycles. The molecule has 1 N–H and O–H groups in total. The molecule has 1 aliphatic heterocycles. The van der Waals surface area contributed by atoms with Crippen LogP contribution in [0.3, 0.4) is 0 Å². The lowest BCUT2D eigenvalue weighted by atomic mass is 10.2. The zero-order valence-corrected chi connectivity index (χ0v) is 10.3. The molecule has 0 aliphatic carbocycles. The maximum absolute atomic E-state index is 11.7. The molecule has 0 atom stereocenters. The van der Waals surface area contributed by atoms with Crippen molar-refractivity contribution in [3.63, 3.8) is 0 Å². The summed E-state index contributed by atoms with van der Waals surface area (Å²) in [6.07, 6.45) is 0. The number of piperazine rings is 1. The summed E-state index contributed by atoms with van der Waals surface area (Å²) in [4.78, 5) is 14.9. The number of fused-ring (bicyclic) bond motifs is 1. The van der Waals surface area contributed by atoms with E-state index in [1.165, 1.54) is 15.0 Å². The van der Waals surface area contributed by atoms with Gasteiger partial charge >= 0.3 is 0 Å². The Morgan fingerprint density at radius 1 is 1.35 bits per heavy atom. The molecule has 0 bridgehead atoms. The average Bonchev–Trinajstić information content (AvgIpc) is 2.74. The molecule has 4 heteroatoms. The number of carbonyl (C=O) groups excluding carboxylic acids is 1. The molecule has 3 nitrogen and oxygen atoms in total. The van der Waals surface area contributed by atoms with Crippen molar-refractivity contribution in [3.8, 4) is 0 Å². The second-order valence-electron chi connectivity index (χ2n) is 4.24. The highest BCUT2D eigenvalue weighted by atomic mass is 32.1. The number of carbonyl (C=O) groups is 1. The summed E-state index contributed by atoms with van der Waals surface area (Å²) in [7, 11) is 0. The first-order valence-corrected chi connectivity index (χ1v) is 6.60. The Kier molecular flexibility index (Phi) is 2.82. The van der Waals surface area contributed by atoms with E-state index in [9.17, 15) is 4.79 Å². The number of nitrogens with one attached hydrogen (secondary N) is 1. The third kappa shape index (κ3) is 2.18. The van der Waals surface area contributed by atoms with E-state index in [1.807, 2.05) is 4.90 Å². The molecule has 2 aromatic rings. The van der Waals surface area contributed by atoms with Gasteiger partial charge in [0.1, 0.15) is 0 Å². The van der Waals surface area contributed by atoms with Gasteiger partial charge in [-0.1, -0.05) is 18.2 Å². The van der Waals surface area contributed by atoms with E-state index in [0.29, 0.717) is 6.54 Å². The second-order valence-corrected chi connectivity index (χ2v) is 5.41. The van der Waals surface area contributed by atoms with Crippen molar-refractivity contribution < 1.29 is 4.79 Å². The molecule has 1 amide bonds. The molecule has 1 aromatic heterocycles. The highest BCUT2D eigenvalue weighted by Gasteiger charge is 2.18. The zero-order chi connectivity index (χ0) is 11.7. The number of hydrogen-bond donors (Lipinski definition) is 1. The summed E-state index contributed by atoms with van der Waals surface area (Å²) in [5.74, 6) is 0.203. The van der Waals surface area contributed by atoms with Crippen LogP contribution in [0.2, 0.25) is 0 Å². The van der Waals surface area contributed by atoms with Gasteiger partial charge < -0.3 is 10.2 Å². The second kappa shape index (κ2) is 4.47. The SMILES string of the molecule is O=C1CNCCN1Cc1cc2ccccc2s1. The molecule has 0 spiro atoms. The van der Waals surface area contributed by atoms with Crippen molar-refractivity contribution in [1.82, 2.24) is 10.2 Å². The molecule has 1 aromatic carbocycles. The van der Waals surface area contributed by atoms with Crippen LogP contribution >= 0.6 is 11.3 Å². The lowest BCUT2D eigenvalue weighted by Gasteiger charge is -2.26. The van der Waals surface area contributed by atoms with Crippen molar-refractivity contribution in [1.29, 1.82) is 0 Å². The fourth-order valence-electron chi connectivity index (χ4n) is 2.12. The minimum absolute atomic E-state index is 0.203. The van der Waals surface area contributed by atoms with E-state index >= 15 is 0 Å². The molecule has 1 aliphatic rings. The minimum Gasteiger partial charge on any atom is -0.335 e. The Balaban J connectivity index is 1.82. The average molecular weight is 246 g/mol. The first-order valence-electron chi connectivity index (χ1n) is 5.79. The molecule has 3 rings (SSSR count). The van der Waals surface area contributed by atoms with Crippen LogP contribution in [0.4, 0.5) is 0 Å². The molecule has 0 unspecified atom stereocenters. The van der Waals surface area contributed by atoms with Crippen LogP contribution in [0, 0.1) is 0 Å². The maximum Gasteiger partial charge on any atom is 0.236 e. The predicted octanol–water partition coefficient (Wildman–Crippen LogP) is 1.83. The fraction of sp³-hybridized carbons (Fsp3) is 0.308. The molecule has 17 heavy (non-hydrogen) atoms. The summed E-state index contributed by atoms with van der Waals surface area (Å²) in [6, 6.07) is 10.5. The van der Waals surface area contributed by atoms with Gasteiger partial charge in [-0.15, -0.1) is 11.3 Å². The van der Waals surface area contributed by atoms with E-state index in [2.05, 4.69) is 35.6 Å². The molecule has 1 saturated heterocycles. The number of amides is 1. The first kappa shape index (κ1) is 10.7. The molecular formula is C13H14N2OS. The highest BCUT2D eigenvalue weighted by molar-refractivity contribution is 7.19. The summed E-state index contributed by atoms with van der Waals surface area (Å²) in [5.41, 5.74) is 0. The summed E-state index contributed by atoms with van der Waals surface area (Å²) in [5, 5.41) is 4.36. The van der Waals surface area contributed by atoms with Crippen LogP contribution in [0.25, 0.3) is 10.1 Å². The lowest BCUT2D eigenvalue weighted by Crippen LogP contribution is -2.47. The summed E-state index contributed by atoms with van der Waals surface area (Å²) in [6.45, 7) is 2.94. The van der Waals surface area contributed by atoms with Crippen molar-refractivity contribution >= 4 is 27.3 Å². The standard InChI is InChI=1S/C13H14N2OS/c16-13-8-14-5-6-15(13)9-11-7-10-3-1-2-4-12(10)17-11/h1-4,7,14H,5-6,8-9H2. The quantitative estimate of drug-likeness (QED) is 0.877. The number of thiophene rings is 1. The maximum atomic E-state index is 11.7. The Bertz CT molecular complexity index is 516. The molecule has 0 radical (unpaired) electrons. The van der Waals surface area contributed by atoms with Crippen molar-refractivity contribution in [2.75, 3.05) is 19.6 Å². The molecular weight excluding hydrogens is 232 g/mol. The third-order valence-electron chi connectivity index (χ3n) is 3.01. The van der Waals surface area contributed by atoms with Gasteiger partial charge in [0.25, 0.3) is 0 Å². The smallest absolute Gasteiger partial charge is 0.236 e. The van der Waals surface area contributed by atoms with E-state index in [-0.39, 0.29) is 5.91 Å². The fourth-order valence-corrected chi connectivity index (χ4v) is 3.20. The van der Waals surface area contributed by atoms with Gasteiger partial charge in [0.05, 0.1) is 13.1 Å². The van der Waals surface area contributed by atoms with Crippen molar-refractivity contribution in [2.45, 2.75) is 6.54 Å². The minimum atomic E-state index is 0.203. The van der Waals surface area contributed by atoms with Gasteiger partial charge in [0.15, 0.2) is 0 Å². The largest absolute Gasteiger partial charge is 0.335 e. The van der Waals surface area contributed by atoms with Crippen LogP contribution in [0.1, 0.15) is 4.88 Å². The summed E-state index contributed by atoms with van der Waals surface area (Å²) >= 11 is 1.78. The Labute approximate surface area is 104 Å².